The molecule has 3 heteroatoms. The lowest BCUT2D eigenvalue weighted by molar-refractivity contribution is -0.119. The number of nitrogens with zero attached hydrogens (tertiary/aromatic N) is 1. The predicted octanol–water partition coefficient (Wildman–Crippen LogP) is 2.61. The molecule has 84 valence electrons. The van der Waals surface area contributed by atoms with Crippen molar-refractivity contribution in [2.45, 2.75) is 40.7 Å². The SMILES string of the molecule is CC.CC(=O)NC(C)c1ncccc1C. The number of hydrogen-bond donors (Lipinski definition) is 1. The molecule has 1 aromatic heterocycles. The Morgan fingerprint density at radius 3 is 2.53 bits per heavy atom. The molecule has 1 aromatic rings. The molecule has 0 spiro atoms. The van der Waals surface area contributed by atoms with E-state index in [-0.39, 0.29) is 11.9 Å². The summed E-state index contributed by atoms with van der Waals surface area (Å²) >= 11 is 0. The highest BCUT2D eigenvalue weighted by atomic mass is 16.1. The summed E-state index contributed by atoms with van der Waals surface area (Å²) in [7, 11) is 0. The summed E-state index contributed by atoms with van der Waals surface area (Å²) in [4.78, 5) is 15.0. The van der Waals surface area contributed by atoms with Gasteiger partial charge in [0.25, 0.3) is 0 Å². The second-order valence-corrected chi connectivity index (χ2v) is 3.13. The first-order chi connectivity index (χ1) is 7.11. The lowest BCUT2D eigenvalue weighted by Gasteiger charge is -2.13. The molecule has 3 nitrogen and oxygen atoms in total. The summed E-state index contributed by atoms with van der Waals surface area (Å²) in [6.45, 7) is 9.42. The number of rotatable bonds is 2. The Hall–Kier alpha value is -1.38. The molecule has 0 aliphatic heterocycles. The van der Waals surface area contributed by atoms with Gasteiger partial charge in [0, 0.05) is 13.1 Å². The van der Waals surface area contributed by atoms with Gasteiger partial charge in [-0.1, -0.05) is 19.9 Å². The van der Waals surface area contributed by atoms with Crippen LogP contribution < -0.4 is 5.32 Å². The van der Waals surface area contributed by atoms with Gasteiger partial charge in [-0.3, -0.25) is 9.78 Å². The van der Waals surface area contributed by atoms with Gasteiger partial charge >= 0.3 is 0 Å². The number of hydrogen-bond acceptors (Lipinski definition) is 2. The molecule has 15 heavy (non-hydrogen) atoms. The van der Waals surface area contributed by atoms with Crippen LogP contribution in [0.3, 0.4) is 0 Å². The van der Waals surface area contributed by atoms with E-state index in [4.69, 9.17) is 0 Å². The van der Waals surface area contributed by atoms with E-state index in [1.54, 1.807) is 6.20 Å². The van der Waals surface area contributed by atoms with Crippen molar-refractivity contribution in [3.05, 3.63) is 29.6 Å². The molecular formula is C12H20N2O. The third kappa shape index (κ3) is 4.58. The highest BCUT2D eigenvalue weighted by molar-refractivity contribution is 5.73. The Balaban J connectivity index is 0.000000921. The van der Waals surface area contributed by atoms with E-state index >= 15 is 0 Å². The number of pyridine rings is 1. The molecule has 1 rings (SSSR count). The standard InChI is InChI=1S/C10H14N2O.C2H6/c1-7-5-4-6-11-10(7)8(2)12-9(3)13;1-2/h4-6,8H,1-3H3,(H,12,13);1-2H3. The summed E-state index contributed by atoms with van der Waals surface area (Å²) in [5.41, 5.74) is 2.03. The summed E-state index contributed by atoms with van der Waals surface area (Å²) in [5.74, 6) is -0.0300. The fourth-order valence-electron chi connectivity index (χ4n) is 1.32. The molecular weight excluding hydrogens is 188 g/mol. The van der Waals surface area contributed by atoms with Crippen LogP contribution in [0.2, 0.25) is 0 Å². The Kier molecular flexibility index (Phi) is 6.34. The Labute approximate surface area is 91.9 Å². The number of carbonyl (C=O) groups is 1. The van der Waals surface area contributed by atoms with Gasteiger partial charge in [-0.25, -0.2) is 0 Å². The minimum Gasteiger partial charge on any atom is -0.348 e. The van der Waals surface area contributed by atoms with Crippen LogP contribution in [-0.2, 0) is 4.79 Å². The van der Waals surface area contributed by atoms with Crippen molar-refractivity contribution in [1.29, 1.82) is 0 Å². The minimum atomic E-state index is -0.0300. The van der Waals surface area contributed by atoms with E-state index < -0.39 is 0 Å². The zero-order valence-electron chi connectivity index (χ0n) is 10.2. The predicted molar refractivity (Wildman–Crippen MR) is 62.6 cm³/mol. The zero-order valence-corrected chi connectivity index (χ0v) is 10.2. The van der Waals surface area contributed by atoms with E-state index in [0.29, 0.717) is 0 Å². The van der Waals surface area contributed by atoms with Crippen LogP contribution in [0.25, 0.3) is 0 Å². The molecule has 1 N–H and O–H groups in total. The summed E-state index contributed by atoms with van der Waals surface area (Å²) in [5, 5.41) is 2.80. The number of aromatic nitrogens is 1. The van der Waals surface area contributed by atoms with Crippen molar-refractivity contribution in [2.24, 2.45) is 0 Å². The second-order valence-electron chi connectivity index (χ2n) is 3.13. The summed E-state index contributed by atoms with van der Waals surface area (Å²) in [6, 6.07) is 3.86. The van der Waals surface area contributed by atoms with E-state index in [9.17, 15) is 4.79 Å². The molecule has 0 bridgehead atoms. The quantitative estimate of drug-likeness (QED) is 0.811. The maximum Gasteiger partial charge on any atom is 0.217 e. The van der Waals surface area contributed by atoms with E-state index in [2.05, 4.69) is 10.3 Å². The molecule has 0 aliphatic rings. The van der Waals surface area contributed by atoms with Crippen molar-refractivity contribution < 1.29 is 4.79 Å². The van der Waals surface area contributed by atoms with Crippen molar-refractivity contribution >= 4 is 5.91 Å². The Morgan fingerprint density at radius 2 is 2.07 bits per heavy atom. The highest BCUT2D eigenvalue weighted by Crippen LogP contribution is 2.12. The van der Waals surface area contributed by atoms with Crippen LogP contribution in [0.1, 0.15) is 45.0 Å². The Morgan fingerprint density at radius 1 is 1.47 bits per heavy atom. The van der Waals surface area contributed by atoms with Gasteiger partial charge in [0.2, 0.25) is 5.91 Å². The molecule has 0 aliphatic carbocycles. The van der Waals surface area contributed by atoms with Gasteiger partial charge in [0.15, 0.2) is 0 Å². The van der Waals surface area contributed by atoms with Crippen LogP contribution in [0.15, 0.2) is 18.3 Å². The van der Waals surface area contributed by atoms with Crippen molar-refractivity contribution in [1.82, 2.24) is 10.3 Å². The highest BCUT2D eigenvalue weighted by Gasteiger charge is 2.09. The van der Waals surface area contributed by atoms with Crippen LogP contribution in [0, 0.1) is 6.92 Å². The van der Waals surface area contributed by atoms with E-state index in [0.717, 1.165) is 11.3 Å². The lowest BCUT2D eigenvalue weighted by atomic mass is 10.1. The molecule has 0 saturated carbocycles. The third-order valence-electron chi connectivity index (χ3n) is 1.88. The van der Waals surface area contributed by atoms with Crippen LogP contribution in [0.4, 0.5) is 0 Å². The smallest absolute Gasteiger partial charge is 0.217 e. The van der Waals surface area contributed by atoms with E-state index in [1.165, 1.54) is 6.92 Å². The van der Waals surface area contributed by atoms with Crippen molar-refractivity contribution in [2.75, 3.05) is 0 Å². The number of amides is 1. The van der Waals surface area contributed by atoms with Gasteiger partial charge in [0.05, 0.1) is 11.7 Å². The third-order valence-corrected chi connectivity index (χ3v) is 1.88. The Bertz CT molecular complexity index is 310. The molecule has 0 radical (unpaired) electrons. The van der Waals surface area contributed by atoms with Gasteiger partial charge in [0.1, 0.15) is 0 Å². The second kappa shape index (κ2) is 6.98. The number of carbonyl (C=O) groups excluding carboxylic acids is 1. The first-order valence-corrected chi connectivity index (χ1v) is 5.30. The van der Waals surface area contributed by atoms with Crippen LogP contribution in [0.5, 0.6) is 0 Å². The van der Waals surface area contributed by atoms with Crippen molar-refractivity contribution in [3.8, 4) is 0 Å². The van der Waals surface area contributed by atoms with Gasteiger partial charge in [-0.15, -0.1) is 0 Å². The first-order valence-electron chi connectivity index (χ1n) is 5.30. The van der Waals surface area contributed by atoms with E-state index in [1.807, 2.05) is 39.8 Å². The van der Waals surface area contributed by atoms with Crippen LogP contribution in [-0.4, -0.2) is 10.9 Å². The van der Waals surface area contributed by atoms with Gasteiger partial charge in [-0.05, 0) is 25.5 Å². The largest absolute Gasteiger partial charge is 0.348 e. The average Bonchev–Trinajstić information content (AvgIpc) is 2.20. The van der Waals surface area contributed by atoms with Gasteiger partial charge < -0.3 is 5.32 Å². The molecule has 0 aromatic carbocycles. The van der Waals surface area contributed by atoms with Gasteiger partial charge in [-0.2, -0.15) is 0 Å². The topological polar surface area (TPSA) is 42.0 Å². The summed E-state index contributed by atoms with van der Waals surface area (Å²) < 4.78 is 0. The molecule has 0 saturated heterocycles. The number of aryl methyl sites for hydroxylation is 1. The fourth-order valence-corrected chi connectivity index (χ4v) is 1.32. The zero-order chi connectivity index (χ0) is 11.8. The molecule has 0 fully saturated rings. The van der Waals surface area contributed by atoms with Crippen molar-refractivity contribution in [3.63, 3.8) is 0 Å². The molecule has 1 unspecified atom stereocenters. The minimum absolute atomic E-state index is 0.0151. The lowest BCUT2D eigenvalue weighted by Crippen LogP contribution is -2.24. The normalized spacial score (nSPS) is 11.0. The first kappa shape index (κ1) is 13.6. The number of nitrogens with one attached hydrogen (secondary N) is 1. The summed E-state index contributed by atoms with van der Waals surface area (Å²) in [6.07, 6.45) is 1.74. The molecule has 1 atom stereocenters. The monoisotopic (exact) mass is 208 g/mol. The average molecular weight is 208 g/mol. The molecule has 1 heterocycles. The maximum atomic E-state index is 10.8. The molecule has 1 amide bonds. The fraction of sp³-hybridized carbons (Fsp3) is 0.500. The van der Waals surface area contributed by atoms with Crippen LogP contribution >= 0.6 is 0 Å². The maximum absolute atomic E-state index is 10.8.